The van der Waals surface area contributed by atoms with Crippen molar-refractivity contribution in [2.45, 2.75) is 6.54 Å². The maximum absolute atomic E-state index is 10.5. The van der Waals surface area contributed by atoms with Gasteiger partial charge in [0.15, 0.2) is 0 Å². The quantitative estimate of drug-likeness (QED) is 0.688. The largest absolute Gasteiger partial charge is 0.478 e. The van der Waals surface area contributed by atoms with Crippen molar-refractivity contribution in [3.05, 3.63) is 35.4 Å². The average molecular weight is 181 g/mol. The summed E-state index contributed by atoms with van der Waals surface area (Å²) in [6.07, 6.45) is 0. The second-order valence-corrected chi connectivity index (χ2v) is 2.82. The lowest BCUT2D eigenvalue weighted by molar-refractivity contribution is -0.0731. The van der Waals surface area contributed by atoms with Gasteiger partial charge >= 0.3 is 5.97 Å². The van der Waals surface area contributed by atoms with Gasteiger partial charge in [-0.3, -0.25) is 0 Å². The summed E-state index contributed by atoms with van der Waals surface area (Å²) in [4.78, 5) is 10.5. The van der Waals surface area contributed by atoms with Crippen LogP contribution in [0.1, 0.15) is 15.9 Å². The van der Waals surface area contributed by atoms with E-state index in [1.165, 1.54) is 19.2 Å². The molecule has 0 unspecified atom stereocenters. The van der Waals surface area contributed by atoms with Gasteiger partial charge in [0.05, 0.1) is 5.56 Å². The fourth-order valence-corrected chi connectivity index (χ4v) is 1.02. The average Bonchev–Trinajstić information content (AvgIpc) is 2.04. The molecule has 0 spiro atoms. The SMILES string of the molecule is CN(O)Cc1ccc(C(=O)O)cc1. The number of nitrogens with zero attached hydrogens (tertiary/aromatic N) is 1. The van der Waals surface area contributed by atoms with Crippen LogP contribution >= 0.6 is 0 Å². The predicted octanol–water partition coefficient (Wildman–Crippen LogP) is 1.21. The molecule has 1 rings (SSSR count). The molecule has 13 heavy (non-hydrogen) atoms. The van der Waals surface area contributed by atoms with Crippen LogP contribution in [0.4, 0.5) is 0 Å². The molecule has 0 saturated carbocycles. The van der Waals surface area contributed by atoms with Crippen LogP contribution in [0.5, 0.6) is 0 Å². The Balaban J connectivity index is 2.75. The molecule has 0 saturated heterocycles. The van der Waals surface area contributed by atoms with Crippen LogP contribution in [0.3, 0.4) is 0 Å². The lowest BCUT2D eigenvalue weighted by atomic mass is 10.1. The number of benzene rings is 1. The zero-order chi connectivity index (χ0) is 9.84. The Labute approximate surface area is 76.0 Å². The van der Waals surface area contributed by atoms with Gasteiger partial charge < -0.3 is 10.3 Å². The first-order chi connectivity index (χ1) is 6.09. The molecule has 0 aliphatic carbocycles. The molecule has 4 nitrogen and oxygen atoms in total. The highest BCUT2D eigenvalue weighted by molar-refractivity contribution is 5.87. The topological polar surface area (TPSA) is 60.8 Å². The molecule has 0 amide bonds. The summed E-state index contributed by atoms with van der Waals surface area (Å²) in [5.74, 6) is -0.941. The van der Waals surface area contributed by atoms with E-state index in [0.717, 1.165) is 10.6 Å². The normalized spacial score (nSPS) is 10.4. The molecule has 4 heteroatoms. The Kier molecular flexibility index (Phi) is 3.00. The Morgan fingerprint density at radius 3 is 2.31 bits per heavy atom. The number of aromatic carboxylic acids is 1. The molecule has 0 radical (unpaired) electrons. The highest BCUT2D eigenvalue weighted by atomic mass is 16.5. The summed E-state index contributed by atoms with van der Waals surface area (Å²) < 4.78 is 0. The maximum Gasteiger partial charge on any atom is 0.335 e. The van der Waals surface area contributed by atoms with Gasteiger partial charge in [-0.05, 0) is 17.7 Å². The van der Waals surface area contributed by atoms with E-state index in [2.05, 4.69) is 0 Å². The number of carboxylic acid groups (broad SMARTS) is 1. The first-order valence-electron chi connectivity index (χ1n) is 3.82. The van der Waals surface area contributed by atoms with Gasteiger partial charge in [-0.2, -0.15) is 5.06 Å². The zero-order valence-corrected chi connectivity index (χ0v) is 7.27. The summed E-state index contributed by atoms with van der Waals surface area (Å²) >= 11 is 0. The van der Waals surface area contributed by atoms with Gasteiger partial charge in [-0.1, -0.05) is 12.1 Å². The second kappa shape index (κ2) is 4.02. The molecule has 2 N–H and O–H groups in total. The number of carbonyl (C=O) groups is 1. The maximum atomic E-state index is 10.5. The molecule has 70 valence electrons. The third-order valence-corrected chi connectivity index (χ3v) is 1.61. The Hall–Kier alpha value is -1.39. The van der Waals surface area contributed by atoms with Crippen LogP contribution in [-0.2, 0) is 6.54 Å². The molecule has 0 bridgehead atoms. The molecule has 1 aromatic rings. The Bertz CT molecular complexity index is 292. The van der Waals surface area contributed by atoms with Crippen molar-refractivity contribution in [2.75, 3.05) is 7.05 Å². The van der Waals surface area contributed by atoms with E-state index in [4.69, 9.17) is 10.3 Å². The van der Waals surface area contributed by atoms with Crippen molar-refractivity contribution in [3.63, 3.8) is 0 Å². The molecule has 0 atom stereocenters. The number of hydroxylamine groups is 2. The first-order valence-corrected chi connectivity index (χ1v) is 3.82. The minimum absolute atomic E-state index is 0.254. The van der Waals surface area contributed by atoms with Crippen molar-refractivity contribution < 1.29 is 15.1 Å². The van der Waals surface area contributed by atoms with Gasteiger partial charge in [0.1, 0.15) is 0 Å². The van der Waals surface area contributed by atoms with Crippen LogP contribution in [0, 0.1) is 0 Å². The van der Waals surface area contributed by atoms with Crippen LogP contribution in [0.15, 0.2) is 24.3 Å². The van der Waals surface area contributed by atoms with Crippen LogP contribution in [0.2, 0.25) is 0 Å². The Morgan fingerprint density at radius 2 is 1.92 bits per heavy atom. The van der Waals surface area contributed by atoms with Gasteiger partial charge in [-0.25, -0.2) is 4.79 Å². The van der Waals surface area contributed by atoms with E-state index in [0.29, 0.717) is 6.54 Å². The smallest absolute Gasteiger partial charge is 0.335 e. The van der Waals surface area contributed by atoms with E-state index < -0.39 is 5.97 Å². The zero-order valence-electron chi connectivity index (χ0n) is 7.27. The minimum Gasteiger partial charge on any atom is -0.478 e. The summed E-state index contributed by atoms with van der Waals surface area (Å²) in [6.45, 7) is 0.389. The second-order valence-electron chi connectivity index (χ2n) is 2.82. The molecule has 1 aromatic carbocycles. The molecule has 0 aliphatic rings. The number of rotatable bonds is 3. The van der Waals surface area contributed by atoms with Crippen molar-refractivity contribution >= 4 is 5.97 Å². The highest BCUT2D eigenvalue weighted by Crippen LogP contribution is 2.05. The fraction of sp³-hybridized carbons (Fsp3) is 0.222. The third kappa shape index (κ3) is 2.85. The monoisotopic (exact) mass is 181 g/mol. The first kappa shape index (κ1) is 9.70. The number of hydrogen-bond acceptors (Lipinski definition) is 3. The van der Waals surface area contributed by atoms with E-state index in [1.807, 2.05) is 0 Å². The molecule has 0 aromatic heterocycles. The van der Waals surface area contributed by atoms with Gasteiger partial charge in [0.25, 0.3) is 0 Å². The van der Waals surface area contributed by atoms with Gasteiger partial charge in [-0.15, -0.1) is 0 Å². The molecular formula is C9H11NO3. The molecular weight excluding hydrogens is 170 g/mol. The lowest BCUT2D eigenvalue weighted by Crippen LogP contribution is -2.11. The van der Waals surface area contributed by atoms with Gasteiger partial charge in [0.2, 0.25) is 0 Å². The highest BCUT2D eigenvalue weighted by Gasteiger charge is 2.01. The summed E-state index contributed by atoms with van der Waals surface area (Å²) in [5.41, 5.74) is 1.12. The van der Waals surface area contributed by atoms with E-state index in [9.17, 15) is 4.79 Å². The van der Waals surface area contributed by atoms with E-state index in [-0.39, 0.29) is 5.56 Å². The van der Waals surface area contributed by atoms with Crippen LogP contribution < -0.4 is 0 Å². The van der Waals surface area contributed by atoms with Crippen molar-refractivity contribution in [3.8, 4) is 0 Å². The Morgan fingerprint density at radius 1 is 1.38 bits per heavy atom. The van der Waals surface area contributed by atoms with Gasteiger partial charge in [0, 0.05) is 13.6 Å². The van der Waals surface area contributed by atoms with E-state index >= 15 is 0 Å². The summed E-state index contributed by atoms with van der Waals surface area (Å²) in [5, 5.41) is 18.5. The van der Waals surface area contributed by atoms with Crippen molar-refractivity contribution in [1.82, 2.24) is 5.06 Å². The summed E-state index contributed by atoms with van der Waals surface area (Å²) in [7, 11) is 1.53. The number of hydrogen-bond donors (Lipinski definition) is 2. The van der Waals surface area contributed by atoms with E-state index in [1.54, 1.807) is 12.1 Å². The van der Waals surface area contributed by atoms with Crippen molar-refractivity contribution in [1.29, 1.82) is 0 Å². The standard InChI is InChI=1S/C9H11NO3/c1-10(13)6-7-2-4-8(5-3-7)9(11)12/h2-5,13H,6H2,1H3,(H,11,12). The van der Waals surface area contributed by atoms with Crippen molar-refractivity contribution in [2.24, 2.45) is 0 Å². The molecule has 0 fully saturated rings. The van der Waals surface area contributed by atoms with Crippen LogP contribution in [-0.4, -0.2) is 28.4 Å². The summed E-state index contributed by atoms with van der Waals surface area (Å²) in [6, 6.07) is 6.38. The number of carboxylic acids is 1. The van der Waals surface area contributed by atoms with Crippen LogP contribution in [0.25, 0.3) is 0 Å². The predicted molar refractivity (Wildman–Crippen MR) is 46.7 cm³/mol. The third-order valence-electron chi connectivity index (χ3n) is 1.61. The minimum atomic E-state index is -0.941. The molecule has 0 heterocycles. The lowest BCUT2D eigenvalue weighted by Gasteiger charge is -2.07. The molecule has 0 aliphatic heterocycles. The fourth-order valence-electron chi connectivity index (χ4n) is 1.02.